The number of nitrogens with one attached hydrogen (secondary N) is 1. The normalized spacial score (nSPS) is 18.9. The maximum absolute atomic E-state index is 12.1. The second-order valence-corrected chi connectivity index (χ2v) is 7.02. The summed E-state index contributed by atoms with van der Waals surface area (Å²) < 4.78 is 31.8. The fourth-order valence-electron chi connectivity index (χ4n) is 1.93. The van der Waals surface area contributed by atoms with Gasteiger partial charge in [-0.2, -0.15) is 0 Å². The molecule has 0 amide bonds. The van der Waals surface area contributed by atoms with Crippen molar-refractivity contribution >= 4 is 27.3 Å². The van der Waals surface area contributed by atoms with Crippen molar-refractivity contribution in [3.05, 3.63) is 23.2 Å². The molecule has 1 fully saturated rings. The summed E-state index contributed by atoms with van der Waals surface area (Å²) in [5.74, 6) is 0. The minimum absolute atomic E-state index is 0.0232. The number of anilines is 1. The van der Waals surface area contributed by atoms with Gasteiger partial charge in [-0.1, -0.05) is 11.6 Å². The monoisotopic (exact) mass is 320 g/mol. The molecule has 1 saturated heterocycles. The van der Waals surface area contributed by atoms with E-state index in [0.29, 0.717) is 31.1 Å². The van der Waals surface area contributed by atoms with Gasteiger partial charge >= 0.3 is 0 Å². The second-order valence-electron chi connectivity index (χ2n) is 4.84. The Balaban J connectivity index is 2.09. The number of hydrogen-bond acceptors (Lipinski definition) is 5. The molecule has 0 radical (unpaired) electrons. The zero-order valence-corrected chi connectivity index (χ0v) is 12.4. The first-order valence-electron chi connectivity index (χ1n) is 6.17. The summed E-state index contributed by atoms with van der Waals surface area (Å²) in [4.78, 5) is 0.0232. The molecule has 1 aliphatic heterocycles. The number of rotatable bonds is 4. The minimum Gasteiger partial charge on any atom is -0.397 e. The van der Waals surface area contributed by atoms with Gasteiger partial charge in [-0.3, -0.25) is 0 Å². The lowest BCUT2D eigenvalue weighted by Gasteiger charge is -2.31. The van der Waals surface area contributed by atoms with Crippen molar-refractivity contribution < 1.29 is 18.3 Å². The third-order valence-electron chi connectivity index (χ3n) is 3.29. The van der Waals surface area contributed by atoms with Crippen LogP contribution in [-0.2, 0) is 14.8 Å². The Morgan fingerprint density at radius 3 is 2.65 bits per heavy atom. The van der Waals surface area contributed by atoms with E-state index in [0.717, 1.165) is 0 Å². The van der Waals surface area contributed by atoms with Crippen LogP contribution in [0.1, 0.15) is 12.8 Å². The van der Waals surface area contributed by atoms with E-state index in [1.54, 1.807) is 0 Å². The van der Waals surface area contributed by atoms with Crippen LogP contribution in [0.4, 0.5) is 5.69 Å². The number of halogens is 1. The zero-order chi connectivity index (χ0) is 14.8. The summed E-state index contributed by atoms with van der Waals surface area (Å²) in [5, 5.41) is 10.5. The number of ether oxygens (including phenoxy) is 1. The Labute approximate surface area is 122 Å². The van der Waals surface area contributed by atoms with Gasteiger partial charge in [0, 0.05) is 32.6 Å². The third kappa shape index (κ3) is 3.62. The van der Waals surface area contributed by atoms with Crippen molar-refractivity contribution in [2.24, 2.45) is 0 Å². The van der Waals surface area contributed by atoms with Crippen LogP contribution >= 0.6 is 11.6 Å². The molecule has 8 heteroatoms. The average molecular weight is 321 g/mol. The van der Waals surface area contributed by atoms with Crippen LogP contribution in [-0.4, -0.2) is 38.9 Å². The lowest BCUT2D eigenvalue weighted by molar-refractivity contribution is -0.0588. The highest BCUT2D eigenvalue weighted by Gasteiger charge is 2.31. The quantitative estimate of drug-likeness (QED) is 0.710. The largest absolute Gasteiger partial charge is 0.397 e. The Bertz CT molecular complexity index is 585. The van der Waals surface area contributed by atoms with E-state index in [-0.39, 0.29) is 17.1 Å². The molecule has 0 atom stereocenters. The van der Waals surface area contributed by atoms with Crippen LogP contribution in [0.25, 0.3) is 0 Å². The molecule has 20 heavy (non-hydrogen) atoms. The van der Waals surface area contributed by atoms with Crippen molar-refractivity contribution in [1.82, 2.24) is 4.72 Å². The number of benzene rings is 1. The fourth-order valence-corrected chi connectivity index (χ4v) is 3.20. The number of nitrogens with two attached hydrogens (primary N) is 1. The van der Waals surface area contributed by atoms with E-state index in [4.69, 9.17) is 22.1 Å². The standard InChI is InChI=1S/C12H17ClN2O4S/c13-10-2-1-9(7-11(10)14)20(17,18)15-8-12(16)3-5-19-6-4-12/h1-2,7,15-16H,3-6,8,14H2. The van der Waals surface area contributed by atoms with E-state index in [1.165, 1.54) is 18.2 Å². The van der Waals surface area contributed by atoms with Crippen LogP contribution in [0.3, 0.4) is 0 Å². The Morgan fingerprint density at radius 2 is 2.05 bits per heavy atom. The maximum Gasteiger partial charge on any atom is 0.240 e. The van der Waals surface area contributed by atoms with Gasteiger partial charge in [0.1, 0.15) is 0 Å². The molecule has 112 valence electrons. The van der Waals surface area contributed by atoms with Crippen LogP contribution in [0, 0.1) is 0 Å². The van der Waals surface area contributed by atoms with Gasteiger partial charge in [-0.15, -0.1) is 0 Å². The fraction of sp³-hybridized carbons (Fsp3) is 0.500. The minimum atomic E-state index is -3.73. The molecule has 0 unspecified atom stereocenters. The van der Waals surface area contributed by atoms with Gasteiger partial charge in [0.2, 0.25) is 10.0 Å². The first-order valence-corrected chi connectivity index (χ1v) is 8.03. The lowest BCUT2D eigenvalue weighted by Crippen LogP contribution is -2.46. The van der Waals surface area contributed by atoms with E-state index < -0.39 is 15.6 Å². The van der Waals surface area contributed by atoms with E-state index in [9.17, 15) is 13.5 Å². The van der Waals surface area contributed by atoms with Crippen LogP contribution in [0.5, 0.6) is 0 Å². The predicted molar refractivity (Wildman–Crippen MR) is 76.1 cm³/mol. The van der Waals surface area contributed by atoms with E-state index in [2.05, 4.69) is 4.72 Å². The lowest BCUT2D eigenvalue weighted by atomic mass is 9.95. The molecule has 0 saturated carbocycles. The Morgan fingerprint density at radius 1 is 1.40 bits per heavy atom. The van der Waals surface area contributed by atoms with Gasteiger partial charge in [0.05, 0.1) is 21.2 Å². The molecule has 2 rings (SSSR count). The average Bonchev–Trinajstić information content (AvgIpc) is 2.41. The number of sulfonamides is 1. The number of nitrogen functional groups attached to an aromatic ring is 1. The first-order chi connectivity index (χ1) is 9.32. The third-order valence-corrected chi connectivity index (χ3v) is 5.04. The van der Waals surface area contributed by atoms with Gasteiger partial charge in [0.15, 0.2) is 0 Å². The summed E-state index contributed by atoms with van der Waals surface area (Å²) >= 11 is 5.76. The molecule has 6 nitrogen and oxygen atoms in total. The molecule has 1 aromatic rings. The molecule has 1 aliphatic rings. The molecular weight excluding hydrogens is 304 g/mol. The van der Waals surface area contributed by atoms with Crippen LogP contribution in [0.2, 0.25) is 5.02 Å². The summed E-state index contributed by atoms with van der Waals surface area (Å²) in [5.41, 5.74) is 4.72. The SMILES string of the molecule is Nc1cc(S(=O)(=O)NCC2(O)CCOCC2)ccc1Cl. The summed E-state index contributed by atoms with van der Waals surface area (Å²) in [6, 6.07) is 4.09. The van der Waals surface area contributed by atoms with Crippen LogP contribution < -0.4 is 10.5 Å². The first kappa shape index (κ1) is 15.5. The highest BCUT2D eigenvalue weighted by molar-refractivity contribution is 7.89. The molecule has 0 aromatic heterocycles. The molecule has 0 bridgehead atoms. The van der Waals surface area contributed by atoms with Crippen molar-refractivity contribution in [3.63, 3.8) is 0 Å². The topological polar surface area (TPSA) is 102 Å². The zero-order valence-electron chi connectivity index (χ0n) is 10.8. The van der Waals surface area contributed by atoms with Gasteiger partial charge < -0.3 is 15.6 Å². The summed E-state index contributed by atoms with van der Waals surface area (Å²) in [6.45, 7) is 0.791. The molecule has 1 aromatic carbocycles. The second kappa shape index (κ2) is 5.87. The molecule has 4 N–H and O–H groups in total. The van der Waals surface area contributed by atoms with Crippen LogP contribution in [0.15, 0.2) is 23.1 Å². The van der Waals surface area contributed by atoms with E-state index >= 15 is 0 Å². The van der Waals surface area contributed by atoms with Gasteiger partial charge in [-0.05, 0) is 18.2 Å². The van der Waals surface area contributed by atoms with Crippen molar-refractivity contribution in [2.45, 2.75) is 23.3 Å². The van der Waals surface area contributed by atoms with Crippen molar-refractivity contribution in [2.75, 3.05) is 25.5 Å². The molecule has 0 aliphatic carbocycles. The molecular formula is C12H17ClN2O4S. The van der Waals surface area contributed by atoms with Crippen molar-refractivity contribution in [1.29, 1.82) is 0 Å². The summed E-state index contributed by atoms with van der Waals surface area (Å²) in [7, 11) is -3.73. The van der Waals surface area contributed by atoms with Gasteiger partial charge in [0.25, 0.3) is 0 Å². The van der Waals surface area contributed by atoms with E-state index in [1.807, 2.05) is 0 Å². The van der Waals surface area contributed by atoms with Gasteiger partial charge in [-0.25, -0.2) is 13.1 Å². The smallest absolute Gasteiger partial charge is 0.240 e. The predicted octanol–water partition coefficient (Wildman–Crippen LogP) is 0.742. The maximum atomic E-state index is 12.1. The number of aliphatic hydroxyl groups is 1. The Hall–Kier alpha value is -0.860. The highest BCUT2D eigenvalue weighted by atomic mass is 35.5. The Kier molecular flexibility index (Phi) is 4.55. The highest BCUT2D eigenvalue weighted by Crippen LogP contribution is 2.23. The number of hydrogen-bond donors (Lipinski definition) is 3. The summed E-state index contributed by atoms with van der Waals surface area (Å²) in [6.07, 6.45) is 0.802. The van der Waals surface area contributed by atoms with Crippen molar-refractivity contribution in [3.8, 4) is 0 Å². The molecule has 0 spiro atoms. The molecule has 1 heterocycles.